The Labute approximate surface area is 121 Å². The van der Waals surface area contributed by atoms with Gasteiger partial charge in [-0.3, -0.25) is 0 Å². The maximum atomic E-state index is 14.0. The van der Waals surface area contributed by atoms with Gasteiger partial charge >= 0.3 is 0 Å². The van der Waals surface area contributed by atoms with Crippen LogP contribution in [0.25, 0.3) is 10.8 Å². The summed E-state index contributed by atoms with van der Waals surface area (Å²) in [4.78, 5) is 0. The summed E-state index contributed by atoms with van der Waals surface area (Å²) in [5.41, 5.74) is 7.56. The van der Waals surface area contributed by atoms with Gasteiger partial charge in [0, 0.05) is 10.6 Å². The molecule has 2 N–H and O–H groups in total. The number of halogens is 2. The van der Waals surface area contributed by atoms with E-state index in [0.29, 0.717) is 10.6 Å². The SMILES string of the molecule is NC(c1cc(Cl)ccc1F)c1cccc2ccccc12. The second-order valence-electron chi connectivity index (χ2n) is 4.71. The molecule has 0 radical (unpaired) electrons. The van der Waals surface area contributed by atoms with Crippen molar-refractivity contribution in [2.75, 3.05) is 0 Å². The maximum absolute atomic E-state index is 14.0. The molecule has 20 heavy (non-hydrogen) atoms. The van der Waals surface area contributed by atoms with Crippen LogP contribution in [-0.4, -0.2) is 0 Å². The van der Waals surface area contributed by atoms with Crippen LogP contribution in [-0.2, 0) is 0 Å². The van der Waals surface area contributed by atoms with E-state index in [1.807, 2.05) is 42.5 Å². The third-order valence-corrected chi connectivity index (χ3v) is 3.69. The zero-order valence-electron chi connectivity index (χ0n) is 10.7. The quantitative estimate of drug-likeness (QED) is 0.727. The zero-order chi connectivity index (χ0) is 14.1. The fraction of sp³-hybridized carbons (Fsp3) is 0.0588. The van der Waals surface area contributed by atoms with Crippen LogP contribution >= 0.6 is 11.6 Å². The minimum absolute atomic E-state index is 0.338. The Morgan fingerprint density at radius 1 is 0.900 bits per heavy atom. The topological polar surface area (TPSA) is 26.0 Å². The number of rotatable bonds is 2. The van der Waals surface area contributed by atoms with E-state index in [4.69, 9.17) is 17.3 Å². The monoisotopic (exact) mass is 285 g/mol. The largest absolute Gasteiger partial charge is 0.320 e. The Hall–Kier alpha value is -1.90. The number of nitrogens with two attached hydrogens (primary N) is 1. The molecule has 0 aliphatic heterocycles. The molecule has 0 spiro atoms. The Kier molecular flexibility index (Phi) is 3.43. The molecule has 0 saturated carbocycles. The molecule has 1 unspecified atom stereocenters. The molecular weight excluding hydrogens is 273 g/mol. The van der Waals surface area contributed by atoms with Crippen molar-refractivity contribution >= 4 is 22.4 Å². The van der Waals surface area contributed by atoms with Gasteiger partial charge in [0.15, 0.2) is 0 Å². The van der Waals surface area contributed by atoms with Crippen LogP contribution in [0.3, 0.4) is 0 Å². The molecule has 0 heterocycles. The molecule has 0 saturated heterocycles. The van der Waals surface area contributed by atoms with Crippen LogP contribution in [0.4, 0.5) is 4.39 Å². The molecule has 1 nitrogen and oxygen atoms in total. The maximum Gasteiger partial charge on any atom is 0.128 e. The van der Waals surface area contributed by atoms with Gasteiger partial charge in [0.05, 0.1) is 6.04 Å². The van der Waals surface area contributed by atoms with E-state index in [1.165, 1.54) is 12.1 Å². The first-order valence-electron chi connectivity index (χ1n) is 6.35. The first-order valence-corrected chi connectivity index (χ1v) is 6.73. The predicted octanol–water partition coefficient (Wildman–Crippen LogP) is 4.68. The van der Waals surface area contributed by atoms with Gasteiger partial charge in [-0.15, -0.1) is 0 Å². The highest BCUT2D eigenvalue weighted by Gasteiger charge is 2.16. The van der Waals surface area contributed by atoms with Gasteiger partial charge in [0.2, 0.25) is 0 Å². The third-order valence-electron chi connectivity index (χ3n) is 3.45. The van der Waals surface area contributed by atoms with Crippen molar-refractivity contribution in [3.8, 4) is 0 Å². The molecular formula is C17H13ClFN. The minimum atomic E-state index is -0.542. The van der Waals surface area contributed by atoms with Crippen LogP contribution in [0.5, 0.6) is 0 Å². The Morgan fingerprint density at radius 2 is 1.65 bits per heavy atom. The third kappa shape index (κ3) is 2.28. The van der Waals surface area contributed by atoms with Crippen molar-refractivity contribution in [3.63, 3.8) is 0 Å². The second-order valence-corrected chi connectivity index (χ2v) is 5.15. The Morgan fingerprint density at radius 3 is 2.50 bits per heavy atom. The van der Waals surface area contributed by atoms with Crippen molar-refractivity contribution < 1.29 is 4.39 Å². The predicted molar refractivity (Wildman–Crippen MR) is 81.4 cm³/mol. The molecule has 0 amide bonds. The minimum Gasteiger partial charge on any atom is -0.320 e. The summed E-state index contributed by atoms with van der Waals surface area (Å²) < 4.78 is 14.0. The van der Waals surface area contributed by atoms with Crippen LogP contribution in [0.15, 0.2) is 60.7 Å². The van der Waals surface area contributed by atoms with Crippen molar-refractivity contribution in [2.45, 2.75) is 6.04 Å². The van der Waals surface area contributed by atoms with Gasteiger partial charge in [-0.2, -0.15) is 0 Å². The number of hydrogen-bond donors (Lipinski definition) is 1. The van der Waals surface area contributed by atoms with Gasteiger partial charge in [-0.05, 0) is 34.5 Å². The molecule has 0 aromatic heterocycles. The van der Waals surface area contributed by atoms with Gasteiger partial charge in [-0.25, -0.2) is 4.39 Å². The lowest BCUT2D eigenvalue weighted by Gasteiger charge is -2.16. The number of hydrogen-bond acceptors (Lipinski definition) is 1. The highest BCUT2D eigenvalue weighted by atomic mass is 35.5. The van der Waals surface area contributed by atoms with Gasteiger partial charge in [0.1, 0.15) is 5.82 Å². The van der Waals surface area contributed by atoms with E-state index in [1.54, 1.807) is 6.07 Å². The fourth-order valence-electron chi connectivity index (χ4n) is 2.44. The second kappa shape index (κ2) is 5.23. The van der Waals surface area contributed by atoms with Gasteiger partial charge in [-0.1, -0.05) is 54.1 Å². The number of benzene rings is 3. The highest BCUT2D eigenvalue weighted by molar-refractivity contribution is 6.30. The molecule has 3 aromatic carbocycles. The number of fused-ring (bicyclic) bond motifs is 1. The van der Waals surface area contributed by atoms with Crippen LogP contribution in [0, 0.1) is 5.82 Å². The lowest BCUT2D eigenvalue weighted by Crippen LogP contribution is -2.14. The molecule has 3 rings (SSSR count). The molecule has 3 heteroatoms. The molecule has 100 valence electrons. The van der Waals surface area contributed by atoms with Gasteiger partial charge in [0.25, 0.3) is 0 Å². The fourth-order valence-corrected chi connectivity index (χ4v) is 2.62. The molecule has 0 aliphatic rings. The van der Waals surface area contributed by atoms with Gasteiger partial charge < -0.3 is 5.73 Å². The van der Waals surface area contributed by atoms with E-state index >= 15 is 0 Å². The zero-order valence-corrected chi connectivity index (χ0v) is 11.4. The van der Waals surface area contributed by atoms with E-state index in [2.05, 4.69) is 0 Å². The Balaban J connectivity index is 2.17. The van der Waals surface area contributed by atoms with E-state index in [9.17, 15) is 4.39 Å². The van der Waals surface area contributed by atoms with E-state index < -0.39 is 6.04 Å². The summed E-state index contributed by atoms with van der Waals surface area (Å²) in [5, 5.41) is 2.60. The summed E-state index contributed by atoms with van der Waals surface area (Å²) in [6.45, 7) is 0. The summed E-state index contributed by atoms with van der Waals surface area (Å²) in [6, 6.07) is 17.7. The smallest absolute Gasteiger partial charge is 0.128 e. The summed E-state index contributed by atoms with van der Waals surface area (Å²) in [5.74, 6) is -0.338. The first kappa shape index (κ1) is 13.1. The lowest BCUT2D eigenvalue weighted by molar-refractivity contribution is 0.600. The van der Waals surface area contributed by atoms with Crippen molar-refractivity contribution in [2.24, 2.45) is 5.73 Å². The normalized spacial score (nSPS) is 12.6. The average Bonchev–Trinajstić information content (AvgIpc) is 2.48. The molecule has 1 atom stereocenters. The van der Waals surface area contributed by atoms with Crippen molar-refractivity contribution in [1.82, 2.24) is 0 Å². The van der Waals surface area contributed by atoms with Crippen LogP contribution in [0.2, 0.25) is 5.02 Å². The van der Waals surface area contributed by atoms with Crippen molar-refractivity contribution in [3.05, 3.63) is 82.6 Å². The van der Waals surface area contributed by atoms with Crippen molar-refractivity contribution in [1.29, 1.82) is 0 Å². The summed E-state index contributed by atoms with van der Waals surface area (Å²) in [7, 11) is 0. The standard InChI is InChI=1S/C17H13ClFN/c18-12-8-9-16(19)15(10-12)17(20)14-7-3-5-11-4-1-2-6-13(11)14/h1-10,17H,20H2. The van der Waals surface area contributed by atoms with Crippen LogP contribution in [0.1, 0.15) is 17.2 Å². The highest BCUT2D eigenvalue weighted by Crippen LogP contribution is 2.29. The first-order chi connectivity index (χ1) is 9.66. The molecule has 0 aliphatic carbocycles. The van der Waals surface area contributed by atoms with E-state index in [-0.39, 0.29) is 5.82 Å². The van der Waals surface area contributed by atoms with E-state index in [0.717, 1.165) is 16.3 Å². The van der Waals surface area contributed by atoms with Crippen LogP contribution < -0.4 is 5.73 Å². The molecule has 0 fully saturated rings. The Bertz CT molecular complexity index is 765. The summed E-state index contributed by atoms with van der Waals surface area (Å²) >= 11 is 5.94. The molecule has 3 aromatic rings. The average molecular weight is 286 g/mol. The summed E-state index contributed by atoms with van der Waals surface area (Å²) in [6.07, 6.45) is 0. The lowest BCUT2D eigenvalue weighted by atomic mass is 9.94. The molecule has 0 bridgehead atoms.